The Bertz CT molecular complexity index is 2100. The third kappa shape index (κ3) is 10.5. The Hall–Kier alpha value is -6.25. The van der Waals surface area contributed by atoms with Crippen LogP contribution in [0.1, 0.15) is 84.9 Å². The number of hydrogen-bond acceptors (Lipinski definition) is 10. The van der Waals surface area contributed by atoms with Gasteiger partial charge in [-0.1, -0.05) is 18.2 Å². The van der Waals surface area contributed by atoms with Gasteiger partial charge in [-0.05, 0) is 87.7 Å². The standard InChI is InChI=1S/C40H40F3N3O9/c1-22(2)54-38(50)26-20-30(39(51)53-7)35(32(21-26)52-6)55-33(47)10-8-9-24-12-18-31(29(19-24)37(49)46(4)5)45-36(48)28-17-11-23(3)44-34(28)25-13-15-27(16-14-25)40(41,42)43/h11-22H,8-10H2,1-7H3,(H,45,48). The number of benzene rings is 3. The number of nitrogens with one attached hydrogen (secondary N) is 1. The van der Waals surface area contributed by atoms with Gasteiger partial charge in [0.05, 0.1) is 54.0 Å². The highest BCUT2D eigenvalue weighted by atomic mass is 19.4. The number of amides is 2. The van der Waals surface area contributed by atoms with Gasteiger partial charge in [-0.25, -0.2) is 9.59 Å². The summed E-state index contributed by atoms with van der Waals surface area (Å²) in [7, 11) is 5.49. The lowest BCUT2D eigenvalue weighted by molar-refractivity contribution is -0.137. The molecule has 290 valence electrons. The van der Waals surface area contributed by atoms with E-state index in [2.05, 4.69) is 10.3 Å². The van der Waals surface area contributed by atoms with Crippen molar-refractivity contribution in [3.63, 3.8) is 0 Å². The summed E-state index contributed by atoms with van der Waals surface area (Å²) in [6.45, 7) is 5.01. The lowest BCUT2D eigenvalue weighted by atomic mass is 10.0. The zero-order chi connectivity index (χ0) is 40.6. The fourth-order valence-corrected chi connectivity index (χ4v) is 5.36. The Morgan fingerprint density at radius 2 is 1.55 bits per heavy atom. The molecular formula is C40H40F3N3O9. The van der Waals surface area contributed by atoms with Crippen LogP contribution in [0.2, 0.25) is 0 Å². The van der Waals surface area contributed by atoms with Gasteiger partial charge in [-0.3, -0.25) is 19.4 Å². The largest absolute Gasteiger partial charge is 0.493 e. The zero-order valence-corrected chi connectivity index (χ0v) is 31.3. The molecule has 4 aromatic rings. The lowest BCUT2D eigenvalue weighted by Crippen LogP contribution is -2.24. The fraction of sp³-hybridized carbons (Fsp3) is 0.300. The first-order chi connectivity index (χ1) is 25.9. The van der Waals surface area contributed by atoms with Gasteiger partial charge in [0.2, 0.25) is 0 Å². The van der Waals surface area contributed by atoms with Gasteiger partial charge in [-0.15, -0.1) is 0 Å². The molecule has 0 atom stereocenters. The average Bonchev–Trinajstić information content (AvgIpc) is 3.13. The number of nitrogens with zero attached hydrogens (tertiary/aromatic N) is 2. The Labute approximate surface area is 315 Å². The Balaban J connectivity index is 1.53. The smallest absolute Gasteiger partial charge is 0.416 e. The van der Waals surface area contributed by atoms with Gasteiger partial charge in [0.1, 0.15) is 5.56 Å². The summed E-state index contributed by atoms with van der Waals surface area (Å²) in [6, 6.07) is 14.7. The number of carbonyl (C=O) groups is 5. The summed E-state index contributed by atoms with van der Waals surface area (Å²) in [5, 5.41) is 2.75. The summed E-state index contributed by atoms with van der Waals surface area (Å²) in [5.74, 6) is -3.68. The van der Waals surface area contributed by atoms with Crippen molar-refractivity contribution in [2.24, 2.45) is 0 Å². The molecular weight excluding hydrogens is 723 g/mol. The van der Waals surface area contributed by atoms with Crippen molar-refractivity contribution < 1.29 is 56.1 Å². The van der Waals surface area contributed by atoms with Crippen molar-refractivity contribution in [1.29, 1.82) is 0 Å². The number of aryl methyl sites for hydroxylation is 2. The number of anilines is 1. The highest BCUT2D eigenvalue weighted by Gasteiger charge is 2.30. The lowest BCUT2D eigenvalue weighted by Gasteiger charge is -2.17. The molecule has 1 N–H and O–H groups in total. The van der Waals surface area contributed by atoms with Gasteiger partial charge >= 0.3 is 24.1 Å². The molecule has 0 fully saturated rings. The Kier molecular flexibility index (Phi) is 13.4. The minimum absolute atomic E-state index is 0.0106. The number of esters is 3. The normalized spacial score (nSPS) is 11.1. The maximum atomic E-state index is 13.6. The molecule has 1 heterocycles. The predicted molar refractivity (Wildman–Crippen MR) is 195 cm³/mol. The molecule has 4 rings (SSSR count). The first-order valence-corrected chi connectivity index (χ1v) is 17.0. The van der Waals surface area contributed by atoms with E-state index in [1.165, 1.54) is 42.3 Å². The molecule has 0 saturated heterocycles. The van der Waals surface area contributed by atoms with Crippen molar-refractivity contribution in [2.75, 3.05) is 33.6 Å². The average molecular weight is 764 g/mol. The quantitative estimate of drug-likeness (QED) is 0.108. The molecule has 1 aromatic heterocycles. The molecule has 15 heteroatoms. The van der Waals surface area contributed by atoms with E-state index in [1.54, 1.807) is 59.1 Å². The number of methoxy groups -OCH3 is 2. The molecule has 55 heavy (non-hydrogen) atoms. The maximum Gasteiger partial charge on any atom is 0.416 e. The number of pyridine rings is 1. The van der Waals surface area contributed by atoms with Crippen LogP contribution in [-0.4, -0.2) is 74.0 Å². The van der Waals surface area contributed by atoms with E-state index < -0.39 is 47.6 Å². The number of aromatic nitrogens is 1. The molecule has 0 aliphatic heterocycles. The van der Waals surface area contributed by atoms with E-state index in [0.717, 1.165) is 19.2 Å². The van der Waals surface area contributed by atoms with Gasteiger partial charge in [-0.2, -0.15) is 13.2 Å². The molecule has 0 bridgehead atoms. The zero-order valence-electron chi connectivity index (χ0n) is 31.3. The van der Waals surface area contributed by atoms with Crippen LogP contribution < -0.4 is 14.8 Å². The molecule has 0 radical (unpaired) electrons. The van der Waals surface area contributed by atoms with Crippen LogP contribution >= 0.6 is 0 Å². The third-order valence-corrected chi connectivity index (χ3v) is 8.05. The second-order valence-electron chi connectivity index (χ2n) is 12.8. The second-order valence-corrected chi connectivity index (χ2v) is 12.8. The molecule has 0 aliphatic rings. The molecule has 0 aliphatic carbocycles. The van der Waals surface area contributed by atoms with Crippen LogP contribution in [-0.2, 0) is 26.9 Å². The van der Waals surface area contributed by atoms with Crippen LogP contribution in [0.25, 0.3) is 11.3 Å². The highest BCUT2D eigenvalue weighted by Crippen LogP contribution is 2.35. The predicted octanol–water partition coefficient (Wildman–Crippen LogP) is 7.32. The number of ether oxygens (including phenoxy) is 4. The summed E-state index contributed by atoms with van der Waals surface area (Å²) >= 11 is 0. The van der Waals surface area contributed by atoms with Crippen LogP contribution in [0.15, 0.2) is 66.7 Å². The molecule has 0 saturated carbocycles. The Morgan fingerprint density at radius 3 is 2.15 bits per heavy atom. The van der Waals surface area contributed by atoms with E-state index >= 15 is 0 Å². The number of rotatable bonds is 13. The van der Waals surface area contributed by atoms with Crippen LogP contribution in [0.3, 0.4) is 0 Å². The van der Waals surface area contributed by atoms with Crippen molar-refractivity contribution in [3.8, 4) is 22.8 Å². The molecule has 0 spiro atoms. The number of alkyl halides is 3. The van der Waals surface area contributed by atoms with Crippen LogP contribution in [0.5, 0.6) is 11.5 Å². The molecule has 2 amide bonds. The van der Waals surface area contributed by atoms with E-state index in [-0.39, 0.29) is 58.0 Å². The van der Waals surface area contributed by atoms with Gasteiger partial charge in [0.15, 0.2) is 11.5 Å². The third-order valence-electron chi connectivity index (χ3n) is 8.05. The summed E-state index contributed by atoms with van der Waals surface area (Å²) in [4.78, 5) is 70.8. The van der Waals surface area contributed by atoms with E-state index in [0.29, 0.717) is 23.2 Å². The maximum absolute atomic E-state index is 13.6. The van der Waals surface area contributed by atoms with Gasteiger partial charge < -0.3 is 29.2 Å². The second kappa shape index (κ2) is 17.7. The fourth-order valence-electron chi connectivity index (χ4n) is 5.36. The minimum atomic E-state index is -4.53. The first-order valence-electron chi connectivity index (χ1n) is 17.0. The van der Waals surface area contributed by atoms with E-state index in [1.807, 2.05) is 0 Å². The van der Waals surface area contributed by atoms with Gasteiger partial charge in [0, 0.05) is 31.8 Å². The number of carbonyl (C=O) groups excluding carboxylic acids is 5. The van der Waals surface area contributed by atoms with Crippen molar-refractivity contribution in [3.05, 3.63) is 106 Å². The summed E-state index contributed by atoms with van der Waals surface area (Å²) < 4.78 is 60.4. The number of hydrogen-bond donors (Lipinski definition) is 1. The first kappa shape index (κ1) is 41.5. The van der Waals surface area contributed by atoms with Gasteiger partial charge in [0.25, 0.3) is 11.8 Å². The summed E-state index contributed by atoms with van der Waals surface area (Å²) in [6.07, 6.45) is -4.53. The van der Waals surface area contributed by atoms with E-state index in [9.17, 15) is 37.1 Å². The Morgan fingerprint density at radius 1 is 0.855 bits per heavy atom. The molecule has 0 unspecified atom stereocenters. The van der Waals surface area contributed by atoms with E-state index in [4.69, 9.17) is 18.9 Å². The highest BCUT2D eigenvalue weighted by molar-refractivity contribution is 6.11. The van der Waals surface area contributed by atoms with Crippen LogP contribution in [0.4, 0.5) is 18.9 Å². The topological polar surface area (TPSA) is 150 Å². The SMILES string of the molecule is COC(=O)c1cc(C(=O)OC(C)C)cc(OC)c1OC(=O)CCCc1ccc(NC(=O)c2ccc(C)nc2-c2ccc(C(F)(F)F)cc2)c(C(=O)N(C)C)c1. The monoisotopic (exact) mass is 763 g/mol. The minimum Gasteiger partial charge on any atom is -0.493 e. The van der Waals surface area contributed by atoms with Crippen molar-refractivity contribution >= 4 is 35.4 Å². The van der Waals surface area contributed by atoms with Crippen molar-refractivity contribution in [1.82, 2.24) is 9.88 Å². The summed E-state index contributed by atoms with van der Waals surface area (Å²) in [5.41, 5.74) is 0.975. The molecule has 12 nitrogen and oxygen atoms in total. The number of halogens is 3. The van der Waals surface area contributed by atoms with Crippen LogP contribution in [0, 0.1) is 6.92 Å². The van der Waals surface area contributed by atoms with Crippen molar-refractivity contribution in [2.45, 2.75) is 52.3 Å². The molecule has 3 aromatic carbocycles.